The lowest BCUT2D eigenvalue weighted by Crippen LogP contribution is -2.45. The van der Waals surface area contributed by atoms with Crippen LogP contribution in [0.2, 0.25) is 0 Å². The summed E-state index contributed by atoms with van der Waals surface area (Å²) in [4.78, 5) is 2.46. The summed E-state index contributed by atoms with van der Waals surface area (Å²) in [5.41, 5.74) is 0.986. The maximum atomic E-state index is 10.2. The molecular formula is C16H26N2O2. The molecule has 1 aromatic carbocycles. The van der Waals surface area contributed by atoms with Crippen molar-refractivity contribution in [2.75, 3.05) is 33.3 Å². The summed E-state index contributed by atoms with van der Waals surface area (Å²) in [6, 6.07) is 5.78. The van der Waals surface area contributed by atoms with Gasteiger partial charge in [0.1, 0.15) is 11.5 Å². The van der Waals surface area contributed by atoms with Gasteiger partial charge in [-0.15, -0.1) is 0 Å². The molecule has 0 aromatic heterocycles. The average Bonchev–Trinajstić information content (AvgIpc) is 2.46. The average molecular weight is 278 g/mol. The summed E-state index contributed by atoms with van der Waals surface area (Å²) in [5, 5.41) is 13.6. The van der Waals surface area contributed by atoms with Gasteiger partial charge in [0.05, 0.1) is 7.11 Å². The molecule has 0 bridgehead atoms. The number of hydrogen-bond donors (Lipinski definition) is 2. The first kappa shape index (κ1) is 15.1. The van der Waals surface area contributed by atoms with E-state index in [-0.39, 0.29) is 6.04 Å². The first-order chi connectivity index (χ1) is 9.61. The highest BCUT2D eigenvalue weighted by molar-refractivity contribution is 5.41. The van der Waals surface area contributed by atoms with Gasteiger partial charge in [0.15, 0.2) is 0 Å². The van der Waals surface area contributed by atoms with Crippen molar-refractivity contribution in [1.82, 2.24) is 10.2 Å². The first-order valence-electron chi connectivity index (χ1n) is 7.43. The SMILES string of the molecule is COc1ccc(O)c([C@@H](CC(C)C)N2CCNCC2)c1. The fourth-order valence-electron chi connectivity index (χ4n) is 2.84. The zero-order valence-electron chi connectivity index (χ0n) is 12.7. The van der Waals surface area contributed by atoms with Crippen molar-refractivity contribution in [2.45, 2.75) is 26.3 Å². The Bertz CT molecular complexity index is 428. The maximum Gasteiger partial charge on any atom is 0.120 e. The molecule has 2 rings (SSSR count). The molecule has 1 heterocycles. The van der Waals surface area contributed by atoms with Crippen LogP contribution in [0.25, 0.3) is 0 Å². The summed E-state index contributed by atoms with van der Waals surface area (Å²) in [7, 11) is 1.67. The summed E-state index contributed by atoms with van der Waals surface area (Å²) in [6.07, 6.45) is 1.04. The van der Waals surface area contributed by atoms with Gasteiger partial charge in [0.25, 0.3) is 0 Å². The van der Waals surface area contributed by atoms with Crippen molar-refractivity contribution in [1.29, 1.82) is 0 Å². The Balaban J connectivity index is 2.29. The van der Waals surface area contributed by atoms with E-state index >= 15 is 0 Å². The number of hydrogen-bond acceptors (Lipinski definition) is 4. The number of phenols is 1. The second-order valence-electron chi connectivity index (χ2n) is 5.86. The third-order valence-electron chi connectivity index (χ3n) is 3.88. The van der Waals surface area contributed by atoms with Crippen molar-refractivity contribution < 1.29 is 9.84 Å². The lowest BCUT2D eigenvalue weighted by Gasteiger charge is -2.36. The molecule has 4 nitrogen and oxygen atoms in total. The van der Waals surface area contributed by atoms with Gasteiger partial charge >= 0.3 is 0 Å². The Labute approximate surface area is 121 Å². The second-order valence-corrected chi connectivity index (χ2v) is 5.86. The molecule has 1 aromatic rings. The van der Waals surface area contributed by atoms with Gasteiger partial charge in [-0.3, -0.25) is 4.90 Å². The fraction of sp³-hybridized carbons (Fsp3) is 0.625. The number of nitrogens with zero attached hydrogens (tertiary/aromatic N) is 1. The summed E-state index contributed by atoms with van der Waals surface area (Å²) >= 11 is 0. The topological polar surface area (TPSA) is 44.7 Å². The molecule has 20 heavy (non-hydrogen) atoms. The van der Waals surface area contributed by atoms with Gasteiger partial charge in [0.2, 0.25) is 0 Å². The number of nitrogens with one attached hydrogen (secondary N) is 1. The number of rotatable bonds is 5. The number of methoxy groups -OCH3 is 1. The molecule has 1 aliphatic heterocycles. The Kier molecular flexibility index (Phi) is 5.26. The van der Waals surface area contributed by atoms with Crippen LogP contribution >= 0.6 is 0 Å². The number of piperazine rings is 1. The zero-order chi connectivity index (χ0) is 14.5. The van der Waals surface area contributed by atoms with Crippen molar-refractivity contribution in [3.05, 3.63) is 23.8 Å². The minimum absolute atomic E-state index is 0.257. The van der Waals surface area contributed by atoms with E-state index in [1.165, 1.54) is 0 Å². The molecule has 0 aliphatic carbocycles. The fourth-order valence-corrected chi connectivity index (χ4v) is 2.84. The van der Waals surface area contributed by atoms with Gasteiger partial charge in [-0.2, -0.15) is 0 Å². The molecule has 0 unspecified atom stereocenters. The van der Waals surface area contributed by atoms with Crippen LogP contribution in [0.1, 0.15) is 31.9 Å². The van der Waals surface area contributed by atoms with Crippen LogP contribution in [-0.2, 0) is 0 Å². The lowest BCUT2D eigenvalue weighted by atomic mass is 9.94. The molecule has 0 amide bonds. The third-order valence-corrected chi connectivity index (χ3v) is 3.88. The van der Waals surface area contributed by atoms with Crippen LogP contribution in [0.15, 0.2) is 18.2 Å². The Morgan fingerprint density at radius 1 is 1.30 bits per heavy atom. The van der Waals surface area contributed by atoms with Gasteiger partial charge in [-0.25, -0.2) is 0 Å². The quantitative estimate of drug-likeness (QED) is 0.868. The lowest BCUT2D eigenvalue weighted by molar-refractivity contribution is 0.151. The molecule has 1 aliphatic rings. The Morgan fingerprint density at radius 3 is 2.60 bits per heavy atom. The van der Waals surface area contributed by atoms with E-state index in [4.69, 9.17) is 4.74 Å². The molecule has 1 saturated heterocycles. The number of aromatic hydroxyl groups is 1. The van der Waals surface area contributed by atoms with E-state index in [2.05, 4.69) is 24.1 Å². The predicted molar refractivity (Wildman–Crippen MR) is 81.3 cm³/mol. The largest absolute Gasteiger partial charge is 0.508 e. The molecule has 0 spiro atoms. The predicted octanol–water partition coefficient (Wildman–Crippen LogP) is 2.39. The molecule has 0 radical (unpaired) electrons. The van der Waals surface area contributed by atoms with Gasteiger partial charge in [-0.05, 0) is 30.5 Å². The third kappa shape index (κ3) is 3.64. The normalized spacial score (nSPS) is 18.2. The number of ether oxygens (including phenoxy) is 1. The minimum Gasteiger partial charge on any atom is -0.508 e. The van der Waals surface area contributed by atoms with Gasteiger partial charge < -0.3 is 15.2 Å². The highest BCUT2D eigenvalue weighted by atomic mass is 16.5. The zero-order valence-corrected chi connectivity index (χ0v) is 12.7. The second kappa shape index (κ2) is 6.95. The van der Waals surface area contributed by atoms with E-state index in [0.29, 0.717) is 11.7 Å². The van der Waals surface area contributed by atoms with Gasteiger partial charge in [-0.1, -0.05) is 13.8 Å². The molecule has 1 atom stereocenters. The van der Waals surface area contributed by atoms with Crippen LogP contribution in [0, 0.1) is 5.92 Å². The van der Waals surface area contributed by atoms with Crippen molar-refractivity contribution >= 4 is 0 Å². The van der Waals surface area contributed by atoms with Crippen LogP contribution < -0.4 is 10.1 Å². The highest BCUT2D eigenvalue weighted by Crippen LogP contribution is 2.35. The summed E-state index contributed by atoms with van der Waals surface area (Å²) < 4.78 is 5.31. The molecule has 2 N–H and O–H groups in total. The standard InChI is InChI=1S/C16H26N2O2/c1-12(2)10-15(18-8-6-17-7-9-18)14-11-13(20-3)4-5-16(14)19/h4-5,11-12,15,17,19H,6-10H2,1-3H3/t15-/m1/s1. The van der Waals surface area contributed by atoms with E-state index in [1.807, 2.05) is 12.1 Å². The minimum atomic E-state index is 0.257. The molecule has 112 valence electrons. The van der Waals surface area contributed by atoms with Crippen LogP contribution in [0.3, 0.4) is 0 Å². The number of phenolic OH excluding ortho intramolecular Hbond substituents is 1. The molecular weight excluding hydrogens is 252 g/mol. The van der Waals surface area contributed by atoms with Crippen molar-refractivity contribution in [3.63, 3.8) is 0 Å². The summed E-state index contributed by atoms with van der Waals surface area (Å²) in [6.45, 7) is 8.53. The van der Waals surface area contributed by atoms with Crippen LogP contribution in [0.4, 0.5) is 0 Å². The Morgan fingerprint density at radius 2 is 2.00 bits per heavy atom. The number of benzene rings is 1. The molecule has 0 saturated carbocycles. The monoisotopic (exact) mass is 278 g/mol. The van der Waals surface area contributed by atoms with E-state index < -0.39 is 0 Å². The molecule has 4 heteroatoms. The van der Waals surface area contributed by atoms with Crippen molar-refractivity contribution in [2.24, 2.45) is 5.92 Å². The van der Waals surface area contributed by atoms with Crippen LogP contribution in [0.5, 0.6) is 11.5 Å². The molecule has 1 fully saturated rings. The van der Waals surface area contributed by atoms with Gasteiger partial charge in [0, 0.05) is 37.8 Å². The Hall–Kier alpha value is -1.26. The van der Waals surface area contributed by atoms with Crippen molar-refractivity contribution in [3.8, 4) is 11.5 Å². The van der Waals surface area contributed by atoms with E-state index in [9.17, 15) is 5.11 Å². The smallest absolute Gasteiger partial charge is 0.120 e. The van der Waals surface area contributed by atoms with E-state index in [1.54, 1.807) is 13.2 Å². The van der Waals surface area contributed by atoms with E-state index in [0.717, 1.165) is 43.9 Å². The maximum absolute atomic E-state index is 10.2. The van der Waals surface area contributed by atoms with Crippen LogP contribution in [-0.4, -0.2) is 43.3 Å². The highest BCUT2D eigenvalue weighted by Gasteiger charge is 2.25. The first-order valence-corrected chi connectivity index (χ1v) is 7.43. The summed E-state index contributed by atoms with van der Waals surface area (Å²) in [5.74, 6) is 1.76.